The number of rotatable bonds is 12. The molecule has 1 aromatic heterocycles. The van der Waals surface area contributed by atoms with Gasteiger partial charge in [-0.1, -0.05) is 35.9 Å². The van der Waals surface area contributed by atoms with E-state index in [1.807, 2.05) is 35.9 Å². The zero-order chi connectivity index (χ0) is 24.6. The summed E-state index contributed by atoms with van der Waals surface area (Å²) in [5.41, 5.74) is 0. The molecule has 0 bridgehead atoms. The predicted molar refractivity (Wildman–Crippen MR) is 132 cm³/mol. The molecule has 0 aliphatic heterocycles. The number of carbonyl (C=O) groups is 1. The summed E-state index contributed by atoms with van der Waals surface area (Å²) < 4.78 is 23.9. The lowest BCUT2D eigenvalue weighted by Crippen LogP contribution is -2.28. The van der Waals surface area contributed by atoms with Crippen molar-refractivity contribution in [2.75, 3.05) is 6.26 Å². The molecule has 5 atom stereocenters. The van der Waals surface area contributed by atoms with Gasteiger partial charge in [0, 0.05) is 28.5 Å². The minimum absolute atomic E-state index is 0.114. The summed E-state index contributed by atoms with van der Waals surface area (Å²) in [5, 5.41) is 31.8. The molecule has 1 aliphatic rings. The van der Waals surface area contributed by atoms with Crippen LogP contribution in [-0.2, 0) is 21.2 Å². The Labute approximate surface area is 205 Å². The van der Waals surface area contributed by atoms with Crippen molar-refractivity contribution in [3.05, 3.63) is 45.1 Å². The molecule has 1 aliphatic carbocycles. The molecule has 7 nitrogen and oxygen atoms in total. The number of aliphatic hydroxyl groups is 3. The van der Waals surface area contributed by atoms with E-state index in [0.29, 0.717) is 38.5 Å². The SMILES string of the molecule is Cc1sc(CCC(O)C=C[C@@H]2[C@@H](CC=CCCCC(=O)NS(C)(=O)=O)[C@@H](O)C[C@H]2O)cc1Cl. The van der Waals surface area contributed by atoms with Gasteiger partial charge < -0.3 is 15.3 Å². The molecule has 1 fully saturated rings. The van der Waals surface area contributed by atoms with E-state index in [9.17, 15) is 28.5 Å². The maximum atomic E-state index is 11.5. The minimum atomic E-state index is -3.53. The Morgan fingerprint density at radius 1 is 1.33 bits per heavy atom. The van der Waals surface area contributed by atoms with Gasteiger partial charge in [-0.2, -0.15) is 0 Å². The second-order valence-electron chi connectivity index (χ2n) is 8.62. The lowest BCUT2D eigenvalue weighted by Gasteiger charge is -2.19. The largest absolute Gasteiger partial charge is 0.393 e. The number of aliphatic hydroxyl groups excluding tert-OH is 3. The average Bonchev–Trinajstić information content (AvgIpc) is 3.17. The van der Waals surface area contributed by atoms with Crippen LogP contribution in [0.15, 0.2) is 30.4 Å². The number of nitrogens with one attached hydrogen (secondary N) is 1. The van der Waals surface area contributed by atoms with E-state index in [-0.39, 0.29) is 18.3 Å². The van der Waals surface area contributed by atoms with E-state index in [1.54, 1.807) is 17.4 Å². The molecule has 0 spiro atoms. The number of sulfonamides is 1. The number of hydrogen-bond donors (Lipinski definition) is 4. The summed E-state index contributed by atoms with van der Waals surface area (Å²) in [5.74, 6) is -0.938. The molecule has 4 N–H and O–H groups in total. The fourth-order valence-corrected chi connectivity index (χ4v) is 5.77. The normalized spacial score (nSPS) is 24.7. The van der Waals surface area contributed by atoms with Crippen LogP contribution in [0.3, 0.4) is 0 Å². The van der Waals surface area contributed by atoms with Crippen molar-refractivity contribution in [2.24, 2.45) is 11.8 Å². The maximum Gasteiger partial charge on any atom is 0.233 e. The van der Waals surface area contributed by atoms with Gasteiger partial charge in [0.25, 0.3) is 0 Å². The number of unbranched alkanes of at least 4 members (excludes halogenated alkanes) is 1. The Hall–Kier alpha value is -1.23. The zero-order valence-corrected chi connectivity index (χ0v) is 21.4. The highest BCUT2D eigenvalue weighted by Gasteiger charge is 2.39. The smallest absolute Gasteiger partial charge is 0.233 e. The fourth-order valence-electron chi connectivity index (χ4n) is 4.00. The number of amides is 1. The van der Waals surface area contributed by atoms with E-state index in [0.717, 1.165) is 21.0 Å². The Morgan fingerprint density at radius 3 is 2.70 bits per heavy atom. The summed E-state index contributed by atoms with van der Waals surface area (Å²) in [4.78, 5) is 13.7. The summed E-state index contributed by atoms with van der Waals surface area (Å²) in [6, 6.07) is 1.93. The molecular formula is C23H34ClNO6S2. The first kappa shape index (κ1) is 28.0. The van der Waals surface area contributed by atoms with Crippen molar-refractivity contribution in [1.29, 1.82) is 0 Å². The molecule has 1 unspecified atom stereocenters. The van der Waals surface area contributed by atoms with Crippen molar-refractivity contribution >= 4 is 38.9 Å². The summed E-state index contributed by atoms with van der Waals surface area (Å²) in [6.45, 7) is 1.96. The highest BCUT2D eigenvalue weighted by atomic mass is 35.5. The maximum absolute atomic E-state index is 11.5. The van der Waals surface area contributed by atoms with Crippen molar-refractivity contribution in [1.82, 2.24) is 4.72 Å². The number of aryl methyl sites for hydroxylation is 2. The highest BCUT2D eigenvalue weighted by Crippen LogP contribution is 2.36. The third-order valence-electron chi connectivity index (χ3n) is 5.71. The highest BCUT2D eigenvalue weighted by molar-refractivity contribution is 7.89. The molecule has 0 saturated heterocycles. The average molecular weight is 520 g/mol. The Kier molecular flexibility index (Phi) is 11.0. The summed E-state index contributed by atoms with van der Waals surface area (Å²) in [7, 11) is -3.53. The lowest BCUT2D eigenvalue weighted by molar-refractivity contribution is -0.119. The van der Waals surface area contributed by atoms with Gasteiger partial charge in [-0.3, -0.25) is 9.52 Å². The lowest BCUT2D eigenvalue weighted by atomic mass is 9.89. The van der Waals surface area contributed by atoms with Gasteiger partial charge in [-0.25, -0.2) is 8.42 Å². The molecule has 1 heterocycles. The monoisotopic (exact) mass is 519 g/mol. The number of halogens is 1. The molecule has 1 aromatic rings. The van der Waals surface area contributed by atoms with E-state index in [1.165, 1.54) is 0 Å². The van der Waals surface area contributed by atoms with E-state index < -0.39 is 34.2 Å². The van der Waals surface area contributed by atoms with Gasteiger partial charge in [-0.15, -0.1) is 11.3 Å². The van der Waals surface area contributed by atoms with Crippen LogP contribution in [0.1, 0.15) is 48.3 Å². The van der Waals surface area contributed by atoms with Crippen LogP contribution >= 0.6 is 22.9 Å². The number of carbonyl (C=O) groups excluding carboxylic acids is 1. The second kappa shape index (κ2) is 13.0. The third kappa shape index (κ3) is 9.88. The van der Waals surface area contributed by atoms with E-state index in [4.69, 9.17) is 11.6 Å². The number of hydrogen-bond acceptors (Lipinski definition) is 7. The zero-order valence-electron chi connectivity index (χ0n) is 19.0. The van der Waals surface area contributed by atoms with Crippen LogP contribution < -0.4 is 4.72 Å². The first-order chi connectivity index (χ1) is 15.5. The quantitative estimate of drug-likeness (QED) is 0.248. The van der Waals surface area contributed by atoms with Crippen LogP contribution in [0.5, 0.6) is 0 Å². The van der Waals surface area contributed by atoms with Gasteiger partial charge in [0.05, 0.1) is 29.6 Å². The first-order valence-corrected chi connectivity index (χ1v) is 14.2. The molecule has 1 amide bonds. The van der Waals surface area contributed by atoms with Crippen LogP contribution in [0.2, 0.25) is 5.02 Å². The van der Waals surface area contributed by atoms with E-state index in [2.05, 4.69) is 0 Å². The molecular weight excluding hydrogens is 486 g/mol. The summed E-state index contributed by atoms with van der Waals surface area (Å²) in [6.07, 6.45) is 9.68. The van der Waals surface area contributed by atoms with Crippen LogP contribution in [0, 0.1) is 18.8 Å². The van der Waals surface area contributed by atoms with Crippen molar-refractivity contribution in [3.63, 3.8) is 0 Å². The third-order valence-corrected chi connectivity index (χ3v) is 7.93. The predicted octanol–water partition coefficient (Wildman–Crippen LogP) is 3.11. The van der Waals surface area contributed by atoms with Gasteiger partial charge in [0.2, 0.25) is 15.9 Å². The van der Waals surface area contributed by atoms with Gasteiger partial charge in [0.15, 0.2) is 0 Å². The molecule has 33 heavy (non-hydrogen) atoms. The Balaban J connectivity index is 1.79. The Bertz CT molecular complexity index is 923. The van der Waals surface area contributed by atoms with Crippen LogP contribution in [0.4, 0.5) is 0 Å². The Morgan fingerprint density at radius 2 is 2.06 bits per heavy atom. The first-order valence-electron chi connectivity index (χ1n) is 11.1. The van der Waals surface area contributed by atoms with E-state index >= 15 is 0 Å². The minimum Gasteiger partial charge on any atom is -0.393 e. The molecule has 10 heteroatoms. The topological polar surface area (TPSA) is 124 Å². The molecule has 186 valence electrons. The second-order valence-corrected chi connectivity index (χ2v) is 12.1. The molecule has 0 aromatic carbocycles. The van der Waals surface area contributed by atoms with Gasteiger partial charge in [-0.05, 0) is 51.0 Å². The van der Waals surface area contributed by atoms with Crippen molar-refractivity contribution in [3.8, 4) is 0 Å². The van der Waals surface area contributed by atoms with Gasteiger partial charge >= 0.3 is 0 Å². The fraction of sp³-hybridized carbons (Fsp3) is 0.609. The summed E-state index contributed by atoms with van der Waals surface area (Å²) >= 11 is 7.70. The standard InChI is InChI=1S/C23H34ClNO6S2/c1-15-20(24)13-17(32-15)11-9-16(26)10-12-19-18(21(27)14-22(19)28)7-5-3-4-6-8-23(29)25-33(2,30)31/h3,5,10,12-13,16,18-19,21-22,26-28H,4,6-9,11,14H2,1-2H3,(H,25,29)/t16?,18-,19-,21+,22-/m1/s1. The van der Waals surface area contributed by atoms with Crippen molar-refractivity contribution in [2.45, 2.75) is 70.2 Å². The number of allylic oxidation sites excluding steroid dienone is 2. The van der Waals surface area contributed by atoms with Crippen LogP contribution in [0.25, 0.3) is 0 Å². The molecule has 0 radical (unpaired) electrons. The van der Waals surface area contributed by atoms with Crippen molar-refractivity contribution < 1.29 is 28.5 Å². The van der Waals surface area contributed by atoms with Gasteiger partial charge in [0.1, 0.15) is 0 Å². The van der Waals surface area contributed by atoms with Crippen LogP contribution in [-0.4, -0.2) is 54.2 Å². The molecule has 1 saturated carbocycles. The number of thiophene rings is 1. The molecule has 2 rings (SSSR count).